The lowest BCUT2D eigenvalue weighted by Crippen LogP contribution is -2.26. The number of benzene rings is 1. The Kier molecular flexibility index (Phi) is 6.06. The molecule has 0 saturated carbocycles. The number of nitrogens with one attached hydrogen (secondary N) is 1. The molecule has 7 heteroatoms. The summed E-state index contributed by atoms with van der Waals surface area (Å²) >= 11 is 0. The first-order chi connectivity index (χ1) is 11.4. The van der Waals surface area contributed by atoms with Gasteiger partial charge in [-0.05, 0) is 25.3 Å². The van der Waals surface area contributed by atoms with Gasteiger partial charge in [0.05, 0.1) is 0 Å². The first-order valence-corrected chi connectivity index (χ1v) is 7.86. The summed E-state index contributed by atoms with van der Waals surface area (Å²) in [6.45, 7) is 1.81. The Morgan fingerprint density at radius 1 is 1.21 bits per heavy atom. The molecule has 2 N–H and O–H groups in total. The molecule has 2 rings (SSSR count). The second kappa shape index (κ2) is 8.24. The van der Waals surface area contributed by atoms with Crippen LogP contribution >= 0.6 is 0 Å². The SMILES string of the molecule is Cc1nc(NC(CCC(=O)O)Cc2ccccc2)nc(N(C)C)n1. The Morgan fingerprint density at radius 3 is 2.54 bits per heavy atom. The molecule has 1 aromatic heterocycles. The molecule has 0 amide bonds. The summed E-state index contributed by atoms with van der Waals surface area (Å²) in [4.78, 5) is 25.7. The van der Waals surface area contributed by atoms with E-state index in [4.69, 9.17) is 5.11 Å². The summed E-state index contributed by atoms with van der Waals surface area (Å²) in [7, 11) is 3.73. The molecule has 128 valence electrons. The maximum Gasteiger partial charge on any atom is 0.303 e. The fraction of sp³-hybridized carbons (Fsp3) is 0.412. The van der Waals surface area contributed by atoms with Gasteiger partial charge in [0.15, 0.2) is 0 Å². The number of aryl methyl sites for hydroxylation is 1. The zero-order valence-corrected chi connectivity index (χ0v) is 14.2. The Labute approximate surface area is 141 Å². The lowest BCUT2D eigenvalue weighted by atomic mass is 10.0. The molecule has 0 aliphatic carbocycles. The van der Waals surface area contributed by atoms with Gasteiger partial charge in [0.1, 0.15) is 5.82 Å². The molecule has 0 saturated heterocycles. The van der Waals surface area contributed by atoms with Gasteiger partial charge < -0.3 is 15.3 Å². The Bertz CT molecular complexity index is 676. The molecular formula is C17H23N5O2. The van der Waals surface area contributed by atoms with E-state index in [1.807, 2.05) is 56.3 Å². The van der Waals surface area contributed by atoms with Crippen molar-refractivity contribution in [1.29, 1.82) is 0 Å². The molecule has 0 bridgehead atoms. The molecule has 1 atom stereocenters. The summed E-state index contributed by atoms with van der Waals surface area (Å²) in [5, 5.41) is 12.2. The highest BCUT2D eigenvalue weighted by Gasteiger charge is 2.15. The minimum Gasteiger partial charge on any atom is -0.481 e. The van der Waals surface area contributed by atoms with Gasteiger partial charge in [0.25, 0.3) is 0 Å². The first-order valence-electron chi connectivity index (χ1n) is 7.86. The van der Waals surface area contributed by atoms with Crippen LogP contribution in [0.15, 0.2) is 30.3 Å². The predicted octanol–water partition coefficient (Wildman–Crippen LogP) is 2.13. The van der Waals surface area contributed by atoms with Gasteiger partial charge in [0, 0.05) is 26.6 Å². The number of nitrogens with zero attached hydrogens (tertiary/aromatic N) is 4. The zero-order valence-electron chi connectivity index (χ0n) is 14.2. The quantitative estimate of drug-likeness (QED) is 0.766. The van der Waals surface area contributed by atoms with Crippen LogP contribution in [-0.4, -0.2) is 46.2 Å². The van der Waals surface area contributed by atoms with E-state index in [-0.39, 0.29) is 12.5 Å². The van der Waals surface area contributed by atoms with Crippen LogP contribution < -0.4 is 10.2 Å². The van der Waals surface area contributed by atoms with Crippen molar-refractivity contribution >= 4 is 17.9 Å². The maximum atomic E-state index is 10.9. The second-order valence-corrected chi connectivity index (χ2v) is 5.86. The van der Waals surface area contributed by atoms with Crippen molar-refractivity contribution in [3.8, 4) is 0 Å². The number of carbonyl (C=O) groups is 1. The molecule has 0 aliphatic rings. The van der Waals surface area contributed by atoms with Crippen LogP contribution in [0.4, 0.5) is 11.9 Å². The number of anilines is 2. The standard InChI is InChI=1S/C17H23N5O2/c1-12-18-16(21-17(19-12)22(2)3)20-14(9-10-15(23)24)11-13-7-5-4-6-8-13/h4-8,14H,9-11H2,1-3H3,(H,23,24)(H,18,19,20,21). The van der Waals surface area contributed by atoms with Crippen LogP contribution in [-0.2, 0) is 11.2 Å². The molecule has 7 nitrogen and oxygen atoms in total. The molecule has 1 unspecified atom stereocenters. The topological polar surface area (TPSA) is 91.2 Å². The third-order valence-electron chi connectivity index (χ3n) is 3.50. The van der Waals surface area contributed by atoms with E-state index in [2.05, 4.69) is 20.3 Å². The number of rotatable bonds is 8. The normalized spacial score (nSPS) is 11.8. The van der Waals surface area contributed by atoms with Crippen molar-refractivity contribution in [2.45, 2.75) is 32.2 Å². The van der Waals surface area contributed by atoms with E-state index in [0.29, 0.717) is 30.6 Å². The summed E-state index contributed by atoms with van der Waals surface area (Å²) < 4.78 is 0. The highest BCUT2D eigenvalue weighted by atomic mass is 16.4. The summed E-state index contributed by atoms with van der Waals surface area (Å²) in [6.07, 6.45) is 1.29. The van der Waals surface area contributed by atoms with Crippen molar-refractivity contribution < 1.29 is 9.90 Å². The average molecular weight is 329 g/mol. The van der Waals surface area contributed by atoms with Crippen LogP contribution in [0.5, 0.6) is 0 Å². The lowest BCUT2D eigenvalue weighted by molar-refractivity contribution is -0.137. The fourth-order valence-electron chi connectivity index (χ4n) is 2.34. The van der Waals surface area contributed by atoms with Gasteiger partial charge in [-0.3, -0.25) is 4.79 Å². The molecule has 0 radical (unpaired) electrons. The Morgan fingerprint density at radius 2 is 1.92 bits per heavy atom. The Hall–Kier alpha value is -2.70. The number of carboxylic acids is 1. The third-order valence-corrected chi connectivity index (χ3v) is 3.50. The average Bonchev–Trinajstić information content (AvgIpc) is 2.53. The van der Waals surface area contributed by atoms with E-state index in [1.54, 1.807) is 0 Å². The summed E-state index contributed by atoms with van der Waals surface area (Å²) in [5.41, 5.74) is 1.14. The van der Waals surface area contributed by atoms with E-state index < -0.39 is 5.97 Å². The number of hydrogen-bond acceptors (Lipinski definition) is 6. The van der Waals surface area contributed by atoms with Gasteiger partial charge in [0.2, 0.25) is 11.9 Å². The second-order valence-electron chi connectivity index (χ2n) is 5.86. The monoisotopic (exact) mass is 329 g/mol. The van der Waals surface area contributed by atoms with Crippen molar-refractivity contribution in [3.63, 3.8) is 0 Å². The Balaban J connectivity index is 2.16. The van der Waals surface area contributed by atoms with Crippen LogP contribution in [0.3, 0.4) is 0 Å². The van der Waals surface area contributed by atoms with E-state index >= 15 is 0 Å². The van der Waals surface area contributed by atoms with Gasteiger partial charge >= 0.3 is 5.97 Å². The number of aliphatic carboxylic acids is 1. The van der Waals surface area contributed by atoms with Crippen LogP contribution in [0, 0.1) is 6.92 Å². The molecule has 0 fully saturated rings. The van der Waals surface area contributed by atoms with Gasteiger partial charge in [-0.2, -0.15) is 15.0 Å². The number of hydrogen-bond donors (Lipinski definition) is 2. The lowest BCUT2D eigenvalue weighted by Gasteiger charge is -2.19. The van der Waals surface area contributed by atoms with Crippen molar-refractivity contribution in [3.05, 3.63) is 41.7 Å². The molecule has 2 aromatic rings. The van der Waals surface area contributed by atoms with Crippen molar-refractivity contribution in [2.75, 3.05) is 24.3 Å². The van der Waals surface area contributed by atoms with E-state index in [1.165, 1.54) is 0 Å². The van der Waals surface area contributed by atoms with Crippen molar-refractivity contribution in [2.24, 2.45) is 0 Å². The highest BCUT2D eigenvalue weighted by molar-refractivity contribution is 5.66. The van der Waals surface area contributed by atoms with E-state index in [9.17, 15) is 4.79 Å². The zero-order chi connectivity index (χ0) is 17.5. The minimum atomic E-state index is -0.810. The molecular weight excluding hydrogens is 306 g/mol. The molecule has 1 heterocycles. The van der Waals surface area contributed by atoms with Gasteiger partial charge in [-0.25, -0.2) is 0 Å². The molecule has 24 heavy (non-hydrogen) atoms. The summed E-state index contributed by atoms with van der Waals surface area (Å²) in [6, 6.07) is 9.89. The van der Waals surface area contributed by atoms with Crippen LogP contribution in [0.2, 0.25) is 0 Å². The van der Waals surface area contributed by atoms with E-state index in [0.717, 1.165) is 5.56 Å². The third kappa shape index (κ3) is 5.49. The minimum absolute atomic E-state index is 0.0692. The first kappa shape index (κ1) is 17.7. The number of carboxylic acid groups (broad SMARTS) is 1. The number of aromatic nitrogens is 3. The summed E-state index contributed by atoms with van der Waals surface area (Å²) in [5.74, 6) is 0.850. The molecule has 1 aromatic carbocycles. The largest absolute Gasteiger partial charge is 0.481 e. The van der Waals surface area contributed by atoms with Crippen LogP contribution in [0.25, 0.3) is 0 Å². The molecule has 0 spiro atoms. The highest BCUT2D eigenvalue weighted by Crippen LogP contribution is 2.14. The smallest absolute Gasteiger partial charge is 0.303 e. The predicted molar refractivity (Wildman–Crippen MR) is 93.3 cm³/mol. The molecule has 0 aliphatic heterocycles. The van der Waals surface area contributed by atoms with Gasteiger partial charge in [-0.15, -0.1) is 0 Å². The maximum absolute atomic E-state index is 10.9. The van der Waals surface area contributed by atoms with Crippen molar-refractivity contribution in [1.82, 2.24) is 15.0 Å². The fourth-order valence-corrected chi connectivity index (χ4v) is 2.34. The van der Waals surface area contributed by atoms with Gasteiger partial charge in [-0.1, -0.05) is 30.3 Å². The van der Waals surface area contributed by atoms with Crippen LogP contribution in [0.1, 0.15) is 24.2 Å².